The van der Waals surface area contributed by atoms with Gasteiger partial charge >= 0.3 is 0 Å². The number of carbonyl (C=O) groups is 1. The molecule has 0 aliphatic rings. The summed E-state index contributed by atoms with van der Waals surface area (Å²) in [4.78, 5) is 10.7. The van der Waals surface area contributed by atoms with E-state index in [0.29, 0.717) is 0 Å². The lowest BCUT2D eigenvalue weighted by Crippen LogP contribution is -2.32. The van der Waals surface area contributed by atoms with Crippen LogP contribution in [-0.4, -0.2) is 11.9 Å². The summed E-state index contributed by atoms with van der Waals surface area (Å²) in [5.74, 6) is -0.348. The molecule has 0 heterocycles. The third kappa shape index (κ3) is 2.27. The zero-order valence-electron chi connectivity index (χ0n) is 6.95. The molecule has 64 valence electrons. The van der Waals surface area contributed by atoms with Gasteiger partial charge in [0.1, 0.15) is 6.04 Å². The summed E-state index contributed by atoms with van der Waals surface area (Å²) in [6.07, 6.45) is 0. The molecular formula is C9H12N2O. The zero-order valence-corrected chi connectivity index (χ0v) is 6.95. The first-order valence-corrected chi connectivity index (χ1v) is 3.81. The summed E-state index contributed by atoms with van der Waals surface area (Å²) in [7, 11) is 0. The molecule has 1 aromatic carbocycles. The standard InChI is InChI=1S/C9H12N2O/c1-7(9(10)12)11-8-5-3-2-4-6-8/h2-7,11H,1H3,(H2,10,12)/t7-/m0/s1. The van der Waals surface area contributed by atoms with Crippen molar-refractivity contribution in [3.05, 3.63) is 30.3 Å². The Labute approximate surface area is 71.6 Å². The van der Waals surface area contributed by atoms with Gasteiger partial charge in [0.15, 0.2) is 0 Å². The van der Waals surface area contributed by atoms with Gasteiger partial charge in [-0.2, -0.15) is 0 Å². The van der Waals surface area contributed by atoms with Crippen molar-refractivity contribution in [2.24, 2.45) is 5.73 Å². The van der Waals surface area contributed by atoms with Crippen molar-refractivity contribution in [2.75, 3.05) is 5.32 Å². The van der Waals surface area contributed by atoms with Crippen molar-refractivity contribution in [1.29, 1.82) is 0 Å². The quantitative estimate of drug-likeness (QED) is 0.699. The normalized spacial score (nSPS) is 12.1. The minimum absolute atomic E-state index is 0.326. The van der Waals surface area contributed by atoms with Gasteiger partial charge in [0.25, 0.3) is 0 Å². The van der Waals surface area contributed by atoms with Gasteiger partial charge in [-0.05, 0) is 19.1 Å². The number of hydrogen-bond acceptors (Lipinski definition) is 2. The molecule has 0 saturated carbocycles. The number of primary amides is 1. The van der Waals surface area contributed by atoms with E-state index in [0.717, 1.165) is 5.69 Å². The fraction of sp³-hybridized carbons (Fsp3) is 0.222. The maximum absolute atomic E-state index is 10.7. The predicted octanol–water partition coefficient (Wildman–Crippen LogP) is 0.972. The molecule has 12 heavy (non-hydrogen) atoms. The van der Waals surface area contributed by atoms with E-state index in [1.807, 2.05) is 30.3 Å². The molecule has 3 heteroatoms. The highest BCUT2D eigenvalue weighted by Gasteiger charge is 2.06. The van der Waals surface area contributed by atoms with Crippen molar-refractivity contribution in [2.45, 2.75) is 13.0 Å². The van der Waals surface area contributed by atoms with E-state index in [9.17, 15) is 4.79 Å². The summed E-state index contributed by atoms with van der Waals surface area (Å²) in [6, 6.07) is 9.16. The van der Waals surface area contributed by atoms with Gasteiger partial charge in [-0.3, -0.25) is 4.79 Å². The molecule has 0 radical (unpaired) electrons. The lowest BCUT2D eigenvalue weighted by Gasteiger charge is -2.10. The summed E-state index contributed by atoms with van der Waals surface area (Å²) >= 11 is 0. The van der Waals surface area contributed by atoms with Crippen LogP contribution >= 0.6 is 0 Å². The molecule has 0 aliphatic heterocycles. The average Bonchev–Trinajstić information content (AvgIpc) is 2.06. The topological polar surface area (TPSA) is 55.1 Å². The molecule has 1 amide bonds. The van der Waals surface area contributed by atoms with Crippen LogP contribution in [0.25, 0.3) is 0 Å². The first-order chi connectivity index (χ1) is 5.70. The predicted molar refractivity (Wildman–Crippen MR) is 48.7 cm³/mol. The second-order valence-electron chi connectivity index (χ2n) is 2.63. The Hall–Kier alpha value is -1.51. The zero-order chi connectivity index (χ0) is 8.97. The van der Waals surface area contributed by atoms with Crippen molar-refractivity contribution < 1.29 is 4.79 Å². The van der Waals surface area contributed by atoms with Gasteiger partial charge in [0, 0.05) is 5.69 Å². The number of hydrogen-bond donors (Lipinski definition) is 2. The molecule has 0 aromatic heterocycles. The fourth-order valence-electron chi connectivity index (χ4n) is 0.856. The Morgan fingerprint density at radius 1 is 1.42 bits per heavy atom. The Balaban J connectivity index is 2.58. The Kier molecular flexibility index (Phi) is 2.69. The molecule has 1 rings (SSSR count). The molecule has 0 unspecified atom stereocenters. The molecule has 1 atom stereocenters. The highest BCUT2D eigenvalue weighted by atomic mass is 16.1. The summed E-state index contributed by atoms with van der Waals surface area (Å²) in [5, 5.41) is 2.97. The van der Waals surface area contributed by atoms with Crippen LogP contribution < -0.4 is 11.1 Å². The van der Waals surface area contributed by atoms with Crippen LogP contribution in [0.4, 0.5) is 5.69 Å². The third-order valence-electron chi connectivity index (χ3n) is 1.58. The second kappa shape index (κ2) is 3.76. The van der Waals surface area contributed by atoms with Crippen molar-refractivity contribution in [3.63, 3.8) is 0 Å². The van der Waals surface area contributed by atoms with E-state index in [1.54, 1.807) is 6.92 Å². The van der Waals surface area contributed by atoms with Gasteiger partial charge in [0.2, 0.25) is 5.91 Å². The van der Waals surface area contributed by atoms with E-state index in [-0.39, 0.29) is 11.9 Å². The van der Waals surface area contributed by atoms with Gasteiger partial charge in [-0.25, -0.2) is 0 Å². The number of carbonyl (C=O) groups excluding carboxylic acids is 1. The van der Waals surface area contributed by atoms with Crippen LogP contribution in [-0.2, 0) is 4.79 Å². The van der Waals surface area contributed by atoms with Crippen LogP contribution in [0.3, 0.4) is 0 Å². The number of nitrogens with one attached hydrogen (secondary N) is 1. The maximum atomic E-state index is 10.7. The van der Waals surface area contributed by atoms with Crippen molar-refractivity contribution >= 4 is 11.6 Å². The Morgan fingerprint density at radius 2 is 2.00 bits per heavy atom. The van der Waals surface area contributed by atoms with Crippen LogP contribution in [0.15, 0.2) is 30.3 Å². The van der Waals surface area contributed by atoms with Crippen molar-refractivity contribution in [3.8, 4) is 0 Å². The molecule has 0 aliphatic carbocycles. The van der Waals surface area contributed by atoms with Crippen molar-refractivity contribution in [1.82, 2.24) is 0 Å². The molecule has 0 bridgehead atoms. The number of amides is 1. The van der Waals surface area contributed by atoms with E-state index in [2.05, 4.69) is 5.32 Å². The van der Waals surface area contributed by atoms with Crippen LogP contribution in [0.5, 0.6) is 0 Å². The molecule has 3 N–H and O–H groups in total. The maximum Gasteiger partial charge on any atom is 0.239 e. The van der Waals surface area contributed by atoms with Crippen LogP contribution in [0.2, 0.25) is 0 Å². The average molecular weight is 164 g/mol. The first-order valence-electron chi connectivity index (χ1n) is 3.81. The lowest BCUT2D eigenvalue weighted by atomic mass is 10.2. The molecule has 0 fully saturated rings. The Bertz CT molecular complexity index is 258. The molecule has 1 aromatic rings. The molecule has 3 nitrogen and oxygen atoms in total. The van der Waals surface area contributed by atoms with E-state index < -0.39 is 0 Å². The fourth-order valence-corrected chi connectivity index (χ4v) is 0.856. The highest BCUT2D eigenvalue weighted by molar-refractivity contribution is 5.82. The third-order valence-corrected chi connectivity index (χ3v) is 1.58. The number of anilines is 1. The first kappa shape index (κ1) is 8.59. The number of para-hydroxylation sites is 1. The molecular weight excluding hydrogens is 152 g/mol. The molecule has 0 spiro atoms. The number of benzene rings is 1. The summed E-state index contributed by atoms with van der Waals surface area (Å²) < 4.78 is 0. The number of rotatable bonds is 3. The molecule has 0 saturated heterocycles. The Morgan fingerprint density at radius 3 is 2.50 bits per heavy atom. The number of nitrogens with two attached hydrogens (primary N) is 1. The van der Waals surface area contributed by atoms with Crippen LogP contribution in [0, 0.1) is 0 Å². The van der Waals surface area contributed by atoms with Gasteiger partial charge in [0.05, 0.1) is 0 Å². The second-order valence-corrected chi connectivity index (χ2v) is 2.63. The smallest absolute Gasteiger partial charge is 0.239 e. The highest BCUT2D eigenvalue weighted by Crippen LogP contribution is 2.06. The van der Waals surface area contributed by atoms with E-state index in [4.69, 9.17) is 5.73 Å². The minimum atomic E-state index is -0.348. The summed E-state index contributed by atoms with van der Waals surface area (Å²) in [6.45, 7) is 1.73. The minimum Gasteiger partial charge on any atom is -0.374 e. The van der Waals surface area contributed by atoms with Crippen LogP contribution in [0.1, 0.15) is 6.92 Å². The van der Waals surface area contributed by atoms with Gasteiger partial charge in [-0.15, -0.1) is 0 Å². The largest absolute Gasteiger partial charge is 0.374 e. The van der Waals surface area contributed by atoms with Gasteiger partial charge < -0.3 is 11.1 Å². The monoisotopic (exact) mass is 164 g/mol. The SMILES string of the molecule is C[C@H](Nc1ccccc1)C(N)=O. The summed E-state index contributed by atoms with van der Waals surface area (Å²) in [5.41, 5.74) is 5.99. The van der Waals surface area contributed by atoms with E-state index >= 15 is 0 Å². The van der Waals surface area contributed by atoms with E-state index in [1.165, 1.54) is 0 Å². The lowest BCUT2D eigenvalue weighted by molar-refractivity contribution is -0.118. The van der Waals surface area contributed by atoms with Gasteiger partial charge in [-0.1, -0.05) is 18.2 Å².